The summed E-state index contributed by atoms with van der Waals surface area (Å²) in [4.78, 5) is 24.1. The molecule has 1 aromatic rings. The average Bonchev–Trinajstić information content (AvgIpc) is 2.34. The van der Waals surface area contributed by atoms with Gasteiger partial charge in [0.1, 0.15) is 29.6 Å². The predicted octanol–water partition coefficient (Wildman–Crippen LogP) is 3.38. The SMILES string of the molecule is Cc1cc(F)c(C(C=O)N(C)C(=O)OC(C)(C)C)cc1F. The topological polar surface area (TPSA) is 46.6 Å². The number of benzene rings is 1. The van der Waals surface area contributed by atoms with Crippen LogP contribution in [0.5, 0.6) is 0 Å². The highest BCUT2D eigenvalue weighted by molar-refractivity contribution is 5.74. The molecule has 0 aliphatic rings. The minimum absolute atomic E-state index is 0.126. The molecule has 116 valence electrons. The Morgan fingerprint density at radius 2 is 1.86 bits per heavy atom. The van der Waals surface area contributed by atoms with Crippen molar-refractivity contribution in [2.45, 2.75) is 39.3 Å². The van der Waals surface area contributed by atoms with Gasteiger partial charge in [-0.1, -0.05) is 0 Å². The van der Waals surface area contributed by atoms with Crippen LogP contribution in [0.3, 0.4) is 0 Å². The average molecular weight is 299 g/mol. The first-order valence-corrected chi connectivity index (χ1v) is 6.43. The van der Waals surface area contributed by atoms with Gasteiger partial charge in [0.15, 0.2) is 0 Å². The Bertz CT molecular complexity index is 553. The second kappa shape index (κ2) is 6.20. The zero-order valence-corrected chi connectivity index (χ0v) is 12.7. The van der Waals surface area contributed by atoms with Gasteiger partial charge in [0.2, 0.25) is 0 Å². The molecule has 1 unspecified atom stereocenters. The largest absolute Gasteiger partial charge is 0.444 e. The van der Waals surface area contributed by atoms with Crippen molar-refractivity contribution in [3.8, 4) is 0 Å². The fraction of sp³-hybridized carbons (Fsp3) is 0.467. The Hall–Kier alpha value is -1.98. The molecule has 1 atom stereocenters. The van der Waals surface area contributed by atoms with Crippen molar-refractivity contribution in [1.29, 1.82) is 0 Å². The number of nitrogens with zero attached hydrogens (tertiary/aromatic N) is 1. The number of carbonyl (C=O) groups is 2. The second-order valence-corrected chi connectivity index (χ2v) is 5.80. The number of likely N-dealkylation sites (N-methyl/N-ethyl adjacent to an activating group) is 1. The molecule has 0 radical (unpaired) electrons. The molecule has 0 aliphatic carbocycles. The maximum atomic E-state index is 13.9. The van der Waals surface area contributed by atoms with Gasteiger partial charge in [-0.3, -0.25) is 4.90 Å². The Morgan fingerprint density at radius 3 is 2.33 bits per heavy atom. The van der Waals surface area contributed by atoms with E-state index in [4.69, 9.17) is 4.74 Å². The van der Waals surface area contributed by atoms with Gasteiger partial charge in [-0.2, -0.15) is 0 Å². The van der Waals surface area contributed by atoms with Gasteiger partial charge < -0.3 is 9.53 Å². The molecule has 1 rings (SSSR count). The third kappa shape index (κ3) is 4.24. The van der Waals surface area contributed by atoms with Gasteiger partial charge in [-0.05, 0) is 45.4 Å². The van der Waals surface area contributed by atoms with E-state index in [1.54, 1.807) is 20.8 Å². The van der Waals surface area contributed by atoms with Gasteiger partial charge in [0.05, 0.1) is 0 Å². The summed E-state index contributed by atoms with van der Waals surface area (Å²) >= 11 is 0. The summed E-state index contributed by atoms with van der Waals surface area (Å²) < 4.78 is 32.6. The molecule has 0 aromatic heterocycles. The minimum Gasteiger partial charge on any atom is -0.444 e. The lowest BCUT2D eigenvalue weighted by Crippen LogP contribution is -2.37. The van der Waals surface area contributed by atoms with Gasteiger partial charge in [-0.25, -0.2) is 13.6 Å². The van der Waals surface area contributed by atoms with E-state index < -0.39 is 29.4 Å². The molecule has 6 heteroatoms. The monoisotopic (exact) mass is 299 g/mol. The van der Waals surface area contributed by atoms with Crippen LogP contribution in [0, 0.1) is 18.6 Å². The maximum absolute atomic E-state index is 13.9. The van der Waals surface area contributed by atoms with E-state index in [2.05, 4.69) is 0 Å². The lowest BCUT2D eigenvalue weighted by Gasteiger charge is -2.28. The number of ether oxygens (including phenoxy) is 1. The number of hydrogen-bond donors (Lipinski definition) is 0. The van der Waals surface area contributed by atoms with Crippen molar-refractivity contribution >= 4 is 12.4 Å². The molecule has 0 aliphatic heterocycles. The smallest absolute Gasteiger partial charge is 0.410 e. The molecule has 0 spiro atoms. The summed E-state index contributed by atoms with van der Waals surface area (Å²) in [5.74, 6) is -1.39. The summed E-state index contributed by atoms with van der Waals surface area (Å²) in [5, 5.41) is 0. The summed E-state index contributed by atoms with van der Waals surface area (Å²) in [6.45, 7) is 6.41. The molecule has 0 saturated carbocycles. The minimum atomic E-state index is -1.25. The molecule has 0 saturated heterocycles. The van der Waals surface area contributed by atoms with Crippen molar-refractivity contribution in [3.05, 3.63) is 34.9 Å². The van der Waals surface area contributed by atoms with Gasteiger partial charge in [0.25, 0.3) is 0 Å². The fourth-order valence-corrected chi connectivity index (χ4v) is 1.71. The molecule has 21 heavy (non-hydrogen) atoms. The number of aldehydes is 1. The number of rotatable bonds is 3. The first kappa shape index (κ1) is 17.1. The lowest BCUT2D eigenvalue weighted by atomic mass is 10.0. The van der Waals surface area contributed by atoms with Gasteiger partial charge >= 0.3 is 6.09 Å². The number of amides is 1. The van der Waals surface area contributed by atoms with Crippen LogP contribution in [0.1, 0.15) is 37.9 Å². The highest BCUT2D eigenvalue weighted by Gasteiger charge is 2.28. The molecular formula is C15H19F2NO3. The molecule has 1 aromatic carbocycles. The number of hydrogen-bond acceptors (Lipinski definition) is 3. The molecule has 1 amide bonds. The van der Waals surface area contributed by atoms with Crippen LogP contribution in [-0.2, 0) is 9.53 Å². The highest BCUT2D eigenvalue weighted by Crippen LogP contribution is 2.25. The van der Waals surface area contributed by atoms with E-state index in [9.17, 15) is 18.4 Å². The van der Waals surface area contributed by atoms with E-state index >= 15 is 0 Å². The van der Waals surface area contributed by atoms with E-state index in [1.165, 1.54) is 14.0 Å². The maximum Gasteiger partial charge on any atom is 0.410 e. The Balaban J connectivity index is 3.11. The van der Waals surface area contributed by atoms with Crippen LogP contribution in [-0.4, -0.2) is 29.9 Å². The zero-order valence-electron chi connectivity index (χ0n) is 12.7. The van der Waals surface area contributed by atoms with Crippen LogP contribution in [0.2, 0.25) is 0 Å². The zero-order chi connectivity index (χ0) is 16.4. The van der Waals surface area contributed by atoms with E-state index in [0.29, 0.717) is 6.29 Å². The van der Waals surface area contributed by atoms with Crippen LogP contribution >= 0.6 is 0 Å². The van der Waals surface area contributed by atoms with Crippen LogP contribution < -0.4 is 0 Å². The Kier molecular flexibility index (Phi) is 5.04. The normalized spacial score (nSPS) is 12.7. The van der Waals surface area contributed by atoms with Crippen LogP contribution in [0.25, 0.3) is 0 Å². The van der Waals surface area contributed by atoms with Crippen molar-refractivity contribution in [1.82, 2.24) is 4.90 Å². The summed E-state index contributed by atoms with van der Waals surface area (Å²) in [6, 6.07) is 0.657. The first-order chi connectivity index (χ1) is 9.56. The third-order valence-corrected chi connectivity index (χ3v) is 2.82. The van der Waals surface area contributed by atoms with Crippen molar-refractivity contribution in [3.63, 3.8) is 0 Å². The fourth-order valence-electron chi connectivity index (χ4n) is 1.71. The summed E-state index contributed by atoms with van der Waals surface area (Å²) in [7, 11) is 1.30. The highest BCUT2D eigenvalue weighted by atomic mass is 19.1. The third-order valence-electron chi connectivity index (χ3n) is 2.82. The van der Waals surface area contributed by atoms with Crippen LogP contribution in [0.4, 0.5) is 13.6 Å². The Labute approximate surface area is 122 Å². The van der Waals surface area contributed by atoms with Crippen molar-refractivity contribution < 1.29 is 23.1 Å². The molecular weight excluding hydrogens is 280 g/mol. The van der Waals surface area contributed by atoms with E-state index in [0.717, 1.165) is 17.0 Å². The summed E-state index contributed by atoms with van der Waals surface area (Å²) in [6.07, 6.45) is -0.420. The molecule has 4 nitrogen and oxygen atoms in total. The Morgan fingerprint density at radius 1 is 1.29 bits per heavy atom. The standard InChI is InChI=1S/C15H19F2NO3/c1-9-6-12(17)10(7-11(9)16)13(8-19)18(5)14(20)21-15(2,3)4/h6-8,13H,1-5H3. The summed E-state index contributed by atoms with van der Waals surface area (Å²) in [5.41, 5.74) is -0.835. The predicted molar refractivity (Wildman–Crippen MR) is 73.9 cm³/mol. The van der Waals surface area contributed by atoms with Crippen molar-refractivity contribution in [2.24, 2.45) is 0 Å². The first-order valence-electron chi connectivity index (χ1n) is 6.43. The van der Waals surface area contributed by atoms with Crippen molar-refractivity contribution in [2.75, 3.05) is 7.05 Å². The number of aryl methyl sites for hydroxylation is 1. The van der Waals surface area contributed by atoms with E-state index in [-0.39, 0.29) is 11.1 Å². The number of halogens is 2. The molecule has 0 fully saturated rings. The number of carbonyl (C=O) groups excluding carboxylic acids is 2. The van der Waals surface area contributed by atoms with Crippen LogP contribution in [0.15, 0.2) is 12.1 Å². The van der Waals surface area contributed by atoms with Gasteiger partial charge in [0, 0.05) is 12.6 Å². The second-order valence-electron chi connectivity index (χ2n) is 5.80. The van der Waals surface area contributed by atoms with E-state index in [1.807, 2.05) is 0 Å². The molecule has 0 N–H and O–H groups in total. The lowest BCUT2D eigenvalue weighted by molar-refractivity contribution is -0.112. The molecule has 0 heterocycles. The molecule has 0 bridgehead atoms. The van der Waals surface area contributed by atoms with Gasteiger partial charge in [-0.15, -0.1) is 0 Å². The quantitative estimate of drug-likeness (QED) is 0.804.